The molecule has 2 aromatic rings. The molecule has 1 atom stereocenters. The highest BCUT2D eigenvalue weighted by atomic mass is 32.1. The van der Waals surface area contributed by atoms with Gasteiger partial charge in [-0.3, -0.25) is 14.9 Å². The quantitative estimate of drug-likeness (QED) is 0.802. The van der Waals surface area contributed by atoms with Gasteiger partial charge in [-0.05, 0) is 12.5 Å². The van der Waals surface area contributed by atoms with E-state index in [9.17, 15) is 9.59 Å². The number of aliphatic hydroxyl groups is 1. The molecule has 0 aromatic carbocycles. The molecule has 1 fully saturated rings. The van der Waals surface area contributed by atoms with Crippen LogP contribution < -0.4 is 5.32 Å². The number of carbonyl (C=O) groups excluding carboxylic acids is 2. The first kappa shape index (κ1) is 12.9. The summed E-state index contributed by atoms with van der Waals surface area (Å²) < 4.78 is 1.48. The van der Waals surface area contributed by atoms with Crippen LogP contribution in [0.2, 0.25) is 0 Å². The highest BCUT2D eigenvalue weighted by Crippen LogP contribution is 2.25. The lowest BCUT2D eigenvalue weighted by atomic mass is 10.1. The molecular weight excluding hydrogens is 280 g/mol. The van der Waals surface area contributed by atoms with Crippen LogP contribution >= 0.6 is 11.3 Å². The van der Waals surface area contributed by atoms with E-state index in [1.165, 1.54) is 16.0 Å². The van der Waals surface area contributed by atoms with Crippen molar-refractivity contribution >= 4 is 23.2 Å². The van der Waals surface area contributed by atoms with Crippen LogP contribution in [0.5, 0.6) is 0 Å². The third kappa shape index (κ3) is 2.35. The minimum absolute atomic E-state index is 0.00799. The first-order valence-electron chi connectivity index (χ1n) is 6.11. The van der Waals surface area contributed by atoms with Crippen molar-refractivity contribution in [2.24, 2.45) is 0 Å². The van der Waals surface area contributed by atoms with Gasteiger partial charge in [-0.25, -0.2) is 4.68 Å². The molecule has 3 heterocycles. The number of piperidine rings is 1. The van der Waals surface area contributed by atoms with E-state index in [1.54, 1.807) is 6.20 Å². The number of hydrogen-bond donors (Lipinski definition) is 2. The van der Waals surface area contributed by atoms with E-state index < -0.39 is 6.04 Å². The van der Waals surface area contributed by atoms with Gasteiger partial charge >= 0.3 is 0 Å². The molecule has 7 nitrogen and oxygen atoms in total. The van der Waals surface area contributed by atoms with Gasteiger partial charge in [0.1, 0.15) is 11.7 Å². The topological polar surface area (TPSA) is 97.1 Å². The van der Waals surface area contributed by atoms with E-state index in [0.29, 0.717) is 18.5 Å². The minimum Gasteiger partial charge on any atom is -0.391 e. The molecule has 104 valence electrons. The zero-order chi connectivity index (χ0) is 14.1. The van der Waals surface area contributed by atoms with Crippen molar-refractivity contribution in [3.63, 3.8) is 0 Å². The molecule has 2 aromatic heterocycles. The number of hydrogen-bond acceptors (Lipinski definition) is 6. The Bertz CT molecular complexity index is 663. The van der Waals surface area contributed by atoms with Crippen molar-refractivity contribution in [2.75, 3.05) is 0 Å². The van der Waals surface area contributed by atoms with E-state index in [-0.39, 0.29) is 18.4 Å². The number of nitrogens with zero attached hydrogens (tertiary/aromatic N) is 3. The average Bonchev–Trinajstić information content (AvgIpc) is 3.07. The maximum Gasteiger partial charge on any atom is 0.251 e. The number of imide groups is 1. The van der Waals surface area contributed by atoms with E-state index in [1.807, 2.05) is 11.4 Å². The van der Waals surface area contributed by atoms with Crippen molar-refractivity contribution in [1.82, 2.24) is 20.3 Å². The molecule has 8 heteroatoms. The fourth-order valence-electron chi connectivity index (χ4n) is 2.09. The van der Waals surface area contributed by atoms with Crippen LogP contribution in [0, 0.1) is 0 Å². The van der Waals surface area contributed by atoms with Gasteiger partial charge in [-0.1, -0.05) is 5.21 Å². The van der Waals surface area contributed by atoms with Crippen LogP contribution in [0.3, 0.4) is 0 Å². The minimum atomic E-state index is -0.495. The number of aromatic nitrogens is 3. The summed E-state index contributed by atoms with van der Waals surface area (Å²) in [4.78, 5) is 23.7. The summed E-state index contributed by atoms with van der Waals surface area (Å²) in [7, 11) is 0. The fourth-order valence-corrected chi connectivity index (χ4v) is 2.83. The first-order chi connectivity index (χ1) is 9.67. The SMILES string of the molecule is O=C1CCC(n2cc(-c3csc(CO)c3)nn2)C(=O)N1. The van der Waals surface area contributed by atoms with Gasteiger partial charge in [-0.2, -0.15) is 0 Å². The van der Waals surface area contributed by atoms with Gasteiger partial charge in [-0.15, -0.1) is 16.4 Å². The second kappa shape index (κ2) is 5.14. The molecule has 0 saturated carbocycles. The summed E-state index contributed by atoms with van der Waals surface area (Å²) in [5.41, 5.74) is 1.50. The number of nitrogens with one attached hydrogen (secondary N) is 1. The van der Waals surface area contributed by atoms with Crippen molar-refractivity contribution in [2.45, 2.75) is 25.5 Å². The summed E-state index contributed by atoms with van der Waals surface area (Å²) in [6.07, 6.45) is 2.42. The monoisotopic (exact) mass is 292 g/mol. The molecule has 2 N–H and O–H groups in total. The Hall–Kier alpha value is -2.06. The molecule has 1 aliphatic rings. The predicted molar refractivity (Wildman–Crippen MR) is 70.7 cm³/mol. The Morgan fingerprint density at radius 2 is 2.35 bits per heavy atom. The smallest absolute Gasteiger partial charge is 0.251 e. The zero-order valence-corrected chi connectivity index (χ0v) is 11.3. The number of rotatable bonds is 3. The molecule has 0 aliphatic carbocycles. The Balaban J connectivity index is 1.83. The van der Waals surface area contributed by atoms with Gasteiger partial charge in [0.25, 0.3) is 5.91 Å². The van der Waals surface area contributed by atoms with Crippen molar-refractivity contribution in [3.8, 4) is 11.3 Å². The average molecular weight is 292 g/mol. The van der Waals surface area contributed by atoms with E-state index in [0.717, 1.165) is 10.4 Å². The molecule has 0 radical (unpaired) electrons. The summed E-state index contributed by atoms with van der Waals surface area (Å²) in [5.74, 6) is -0.601. The van der Waals surface area contributed by atoms with Crippen LogP contribution in [0.25, 0.3) is 11.3 Å². The fraction of sp³-hybridized carbons (Fsp3) is 0.333. The molecular formula is C12H12N4O3S. The molecule has 0 spiro atoms. The van der Waals surface area contributed by atoms with Crippen LogP contribution in [-0.2, 0) is 16.2 Å². The summed E-state index contributed by atoms with van der Waals surface area (Å²) in [6, 6.07) is 1.34. The Morgan fingerprint density at radius 3 is 3.05 bits per heavy atom. The Morgan fingerprint density at radius 1 is 1.50 bits per heavy atom. The molecule has 3 rings (SSSR count). The first-order valence-corrected chi connectivity index (χ1v) is 6.99. The van der Waals surface area contributed by atoms with Crippen LogP contribution in [0.1, 0.15) is 23.8 Å². The van der Waals surface area contributed by atoms with Gasteiger partial charge in [0, 0.05) is 22.2 Å². The molecule has 2 amide bonds. The summed E-state index contributed by atoms with van der Waals surface area (Å²) in [6.45, 7) is -0.00799. The lowest BCUT2D eigenvalue weighted by molar-refractivity contribution is -0.136. The lowest BCUT2D eigenvalue weighted by Crippen LogP contribution is -2.41. The number of thiophene rings is 1. The summed E-state index contributed by atoms with van der Waals surface area (Å²) >= 11 is 1.44. The molecule has 1 aliphatic heterocycles. The second-order valence-corrected chi connectivity index (χ2v) is 5.51. The maximum absolute atomic E-state index is 11.7. The normalized spacial score (nSPS) is 19.1. The van der Waals surface area contributed by atoms with Crippen molar-refractivity contribution in [1.29, 1.82) is 0 Å². The van der Waals surface area contributed by atoms with Crippen LogP contribution in [0.4, 0.5) is 0 Å². The largest absolute Gasteiger partial charge is 0.391 e. The predicted octanol–water partition coefficient (Wildman–Crippen LogP) is 0.477. The standard InChI is InChI=1S/C12H12N4O3S/c17-5-8-3-7(6-20-8)9-4-16(15-14-9)10-1-2-11(18)13-12(10)19/h3-4,6,10,17H,1-2,5H2,(H,13,18,19). The van der Waals surface area contributed by atoms with Gasteiger partial charge < -0.3 is 5.11 Å². The maximum atomic E-state index is 11.7. The van der Waals surface area contributed by atoms with Crippen LogP contribution in [-0.4, -0.2) is 31.9 Å². The van der Waals surface area contributed by atoms with E-state index in [4.69, 9.17) is 5.11 Å². The highest BCUT2D eigenvalue weighted by molar-refractivity contribution is 7.10. The zero-order valence-electron chi connectivity index (χ0n) is 10.4. The molecule has 20 heavy (non-hydrogen) atoms. The van der Waals surface area contributed by atoms with Crippen LogP contribution in [0.15, 0.2) is 17.6 Å². The third-order valence-electron chi connectivity index (χ3n) is 3.15. The van der Waals surface area contributed by atoms with Crippen molar-refractivity contribution in [3.05, 3.63) is 22.5 Å². The third-order valence-corrected chi connectivity index (χ3v) is 4.07. The summed E-state index contributed by atoms with van der Waals surface area (Å²) in [5, 5.41) is 21.2. The van der Waals surface area contributed by atoms with Gasteiger partial charge in [0.05, 0.1) is 12.8 Å². The Kier molecular flexibility index (Phi) is 3.33. The number of amides is 2. The number of carbonyl (C=O) groups is 2. The lowest BCUT2D eigenvalue weighted by Gasteiger charge is -2.20. The van der Waals surface area contributed by atoms with E-state index in [2.05, 4.69) is 15.6 Å². The Labute approximate surface area is 118 Å². The number of aliphatic hydroxyl groups excluding tert-OH is 1. The second-order valence-electron chi connectivity index (χ2n) is 4.51. The van der Waals surface area contributed by atoms with Crippen molar-refractivity contribution < 1.29 is 14.7 Å². The van der Waals surface area contributed by atoms with E-state index >= 15 is 0 Å². The molecule has 1 unspecified atom stereocenters. The molecule has 0 bridgehead atoms. The molecule has 1 saturated heterocycles. The highest BCUT2D eigenvalue weighted by Gasteiger charge is 2.29. The van der Waals surface area contributed by atoms with Gasteiger partial charge in [0.15, 0.2) is 0 Å². The van der Waals surface area contributed by atoms with Gasteiger partial charge in [0.2, 0.25) is 5.91 Å².